The molecule has 0 bridgehead atoms. The molecule has 0 N–H and O–H groups in total. The Labute approximate surface area is 223 Å². The van der Waals surface area contributed by atoms with Crippen LogP contribution in [0, 0.1) is 0 Å². The van der Waals surface area contributed by atoms with Crippen LogP contribution in [-0.4, -0.2) is 23.2 Å². The van der Waals surface area contributed by atoms with E-state index in [-0.39, 0.29) is 11.1 Å². The summed E-state index contributed by atoms with van der Waals surface area (Å²) in [6, 6.07) is 13.6. The summed E-state index contributed by atoms with van der Waals surface area (Å²) in [5, 5.41) is 0. The molecule has 2 aromatic heterocycles. The predicted octanol–water partition coefficient (Wildman–Crippen LogP) is 7.62. The van der Waals surface area contributed by atoms with Crippen LogP contribution in [0.2, 0.25) is 0 Å². The summed E-state index contributed by atoms with van der Waals surface area (Å²) in [4.78, 5) is 28.8. The number of benzene rings is 1. The van der Waals surface area contributed by atoms with Gasteiger partial charge in [-0.25, -0.2) is 0 Å². The first-order valence-electron chi connectivity index (χ1n) is 14.5. The summed E-state index contributed by atoms with van der Waals surface area (Å²) in [5.74, 6) is 0. The molecule has 202 valence electrons. The van der Waals surface area contributed by atoms with E-state index in [0.717, 1.165) is 48.0 Å². The SMILES string of the molecule is CCCCCCCCn1c(=O)ccc2c1cc(-c1ccc(N(C)C)cc1)c(=O)n2CCCCCCCC. The average Bonchev–Trinajstić information content (AvgIpc) is 2.90. The van der Waals surface area contributed by atoms with E-state index in [1.54, 1.807) is 6.07 Å². The zero-order valence-corrected chi connectivity index (χ0v) is 23.6. The van der Waals surface area contributed by atoms with E-state index in [1.807, 2.05) is 59.6 Å². The first kappa shape index (κ1) is 28.7. The number of hydrogen-bond donors (Lipinski definition) is 0. The molecule has 5 nitrogen and oxygen atoms in total. The van der Waals surface area contributed by atoms with E-state index in [1.165, 1.54) is 51.4 Å². The molecule has 0 unspecified atom stereocenters. The highest BCUT2D eigenvalue weighted by atomic mass is 16.1. The second-order valence-corrected chi connectivity index (χ2v) is 10.6. The summed E-state index contributed by atoms with van der Waals surface area (Å²) in [5.41, 5.74) is 4.46. The van der Waals surface area contributed by atoms with Crippen molar-refractivity contribution < 1.29 is 0 Å². The van der Waals surface area contributed by atoms with Gasteiger partial charge in [0.05, 0.1) is 11.0 Å². The zero-order chi connectivity index (χ0) is 26.6. The molecule has 3 rings (SSSR count). The molecular formula is C32H47N3O2. The van der Waals surface area contributed by atoms with E-state index >= 15 is 0 Å². The van der Waals surface area contributed by atoms with Crippen LogP contribution >= 0.6 is 0 Å². The second-order valence-electron chi connectivity index (χ2n) is 10.6. The number of fused-ring (bicyclic) bond motifs is 1. The van der Waals surface area contributed by atoms with Gasteiger partial charge in [-0.1, -0.05) is 90.2 Å². The van der Waals surface area contributed by atoms with Crippen molar-refractivity contribution in [3.8, 4) is 11.1 Å². The van der Waals surface area contributed by atoms with Gasteiger partial charge in [-0.05, 0) is 42.7 Å². The number of nitrogens with zero attached hydrogens (tertiary/aromatic N) is 3. The van der Waals surface area contributed by atoms with Crippen LogP contribution in [0.4, 0.5) is 5.69 Å². The normalized spacial score (nSPS) is 11.4. The molecule has 0 fully saturated rings. The summed E-state index contributed by atoms with van der Waals surface area (Å²) >= 11 is 0. The minimum absolute atomic E-state index is 0.0136. The third kappa shape index (κ3) is 7.83. The number of aryl methyl sites for hydroxylation is 2. The maximum atomic E-state index is 13.8. The highest BCUT2D eigenvalue weighted by Gasteiger charge is 2.15. The van der Waals surface area contributed by atoms with Gasteiger partial charge in [0, 0.05) is 44.5 Å². The van der Waals surface area contributed by atoms with Crippen LogP contribution < -0.4 is 16.0 Å². The highest BCUT2D eigenvalue weighted by Crippen LogP contribution is 2.24. The van der Waals surface area contributed by atoms with Gasteiger partial charge in [-0.2, -0.15) is 0 Å². The van der Waals surface area contributed by atoms with E-state index in [0.29, 0.717) is 18.7 Å². The smallest absolute Gasteiger partial charge is 0.259 e. The summed E-state index contributed by atoms with van der Waals surface area (Å²) in [6.07, 6.45) is 14.1. The minimum Gasteiger partial charge on any atom is -0.378 e. The maximum absolute atomic E-state index is 13.8. The van der Waals surface area contributed by atoms with Crippen molar-refractivity contribution >= 4 is 16.7 Å². The monoisotopic (exact) mass is 505 g/mol. The Morgan fingerprint density at radius 2 is 1.16 bits per heavy atom. The first-order chi connectivity index (χ1) is 18.0. The molecule has 0 spiro atoms. The van der Waals surface area contributed by atoms with Crippen LogP contribution in [0.5, 0.6) is 0 Å². The molecule has 0 aliphatic carbocycles. The standard InChI is InChI=1S/C32H47N3O2/c1-5-7-9-11-13-15-23-34-30-25-28(26-17-19-27(20-18-26)33(3)4)32(37)35(29(30)21-22-31(34)36)24-16-14-12-10-8-6-2/h17-22,25H,5-16,23-24H2,1-4H3. The number of anilines is 1. The molecule has 0 amide bonds. The van der Waals surface area contributed by atoms with Crippen LogP contribution in [0.3, 0.4) is 0 Å². The molecule has 37 heavy (non-hydrogen) atoms. The minimum atomic E-state index is 0.0136. The Kier molecular flexibility index (Phi) is 11.5. The average molecular weight is 506 g/mol. The van der Waals surface area contributed by atoms with E-state index in [2.05, 4.69) is 18.7 Å². The first-order valence-corrected chi connectivity index (χ1v) is 14.5. The Bertz CT molecular complexity index is 1220. The third-order valence-corrected chi connectivity index (χ3v) is 7.42. The van der Waals surface area contributed by atoms with Crippen LogP contribution in [-0.2, 0) is 13.1 Å². The molecule has 0 atom stereocenters. The van der Waals surface area contributed by atoms with Crippen molar-refractivity contribution in [3.05, 3.63) is 63.2 Å². The number of aromatic nitrogens is 2. The zero-order valence-electron chi connectivity index (χ0n) is 23.6. The molecule has 0 radical (unpaired) electrons. The van der Waals surface area contributed by atoms with Gasteiger partial charge < -0.3 is 14.0 Å². The fourth-order valence-electron chi connectivity index (χ4n) is 5.12. The molecule has 0 saturated carbocycles. The number of unbranched alkanes of at least 4 members (excludes halogenated alkanes) is 10. The number of pyridine rings is 2. The molecule has 1 aromatic carbocycles. The largest absolute Gasteiger partial charge is 0.378 e. The Balaban J connectivity index is 1.98. The van der Waals surface area contributed by atoms with Crippen LogP contribution in [0.15, 0.2) is 52.1 Å². The Morgan fingerprint density at radius 3 is 1.73 bits per heavy atom. The predicted molar refractivity (Wildman–Crippen MR) is 159 cm³/mol. The van der Waals surface area contributed by atoms with Gasteiger partial charge in [0.1, 0.15) is 0 Å². The van der Waals surface area contributed by atoms with Crippen molar-refractivity contribution in [2.24, 2.45) is 0 Å². The molecular weight excluding hydrogens is 458 g/mol. The lowest BCUT2D eigenvalue weighted by Gasteiger charge is -2.17. The lowest BCUT2D eigenvalue weighted by atomic mass is 10.0. The van der Waals surface area contributed by atoms with E-state index in [9.17, 15) is 9.59 Å². The fraction of sp³-hybridized carbons (Fsp3) is 0.562. The molecule has 0 aliphatic heterocycles. The summed E-state index contributed by atoms with van der Waals surface area (Å²) in [6.45, 7) is 5.83. The third-order valence-electron chi connectivity index (χ3n) is 7.42. The Morgan fingerprint density at radius 1 is 0.622 bits per heavy atom. The van der Waals surface area contributed by atoms with Gasteiger partial charge in [0.2, 0.25) is 0 Å². The summed E-state index contributed by atoms with van der Waals surface area (Å²) < 4.78 is 3.81. The van der Waals surface area contributed by atoms with Crippen molar-refractivity contribution in [2.45, 2.75) is 104 Å². The molecule has 0 saturated heterocycles. The number of hydrogen-bond acceptors (Lipinski definition) is 3. The van der Waals surface area contributed by atoms with Gasteiger partial charge in [0.25, 0.3) is 11.1 Å². The van der Waals surface area contributed by atoms with Crippen molar-refractivity contribution in [2.75, 3.05) is 19.0 Å². The molecule has 3 aromatic rings. The lowest BCUT2D eigenvalue weighted by molar-refractivity contribution is 0.551. The maximum Gasteiger partial charge on any atom is 0.259 e. The fourth-order valence-corrected chi connectivity index (χ4v) is 5.12. The van der Waals surface area contributed by atoms with Crippen LogP contribution in [0.1, 0.15) is 90.9 Å². The van der Waals surface area contributed by atoms with Crippen LogP contribution in [0.25, 0.3) is 22.2 Å². The lowest BCUT2D eigenvalue weighted by Crippen LogP contribution is -2.27. The second kappa shape index (κ2) is 14.8. The van der Waals surface area contributed by atoms with Crippen molar-refractivity contribution in [1.82, 2.24) is 9.13 Å². The summed E-state index contributed by atoms with van der Waals surface area (Å²) in [7, 11) is 4.03. The van der Waals surface area contributed by atoms with Gasteiger partial charge in [-0.15, -0.1) is 0 Å². The Hall–Kier alpha value is -2.82. The van der Waals surface area contributed by atoms with Crippen molar-refractivity contribution in [1.29, 1.82) is 0 Å². The molecule has 5 heteroatoms. The van der Waals surface area contributed by atoms with Gasteiger partial charge in [0.15, 0.2) is 0 Å². The van der Waals surface area contributed by atoms with Gasteiger partial charge >= 0.3 is 0 Å². The highest BCUT2D eigenvalue weighted by molar-refractivity contribution is 5.81. The number of rotatable bonds is 16. The quantitative estimate of drug-likeness (QED) is 0.188. The molecule has 2 heterocycles. The van der Waals surface area contributed by atoms with E-state index in [4.69, 9.17) is 0 Å². The topological polar surface area (TPSA) is 47.2 Å². The van der Waals surface area contributed by atoms with Crippen molar-refractivity contribution in [3.63, 3.8) is 0 Å². The van der Waals surface area contributed by atoms with E-state index < -0.39 is 0 Å². The molecule has 0 aliphatic rings. The van der Waals surface area contributed by atoms with Gasteiger partial charge in [-0.3, -0.25) is 9.59 Å².